The topological polar surface area (TPSA) is 9.23 Å². The molecule has 0 saturated heterocycles. The SMILES string of the molecule is CCO[C@H]1CC[C@@](C)(c2ccc(C)cc2)C1(C)C. The average molecular weight is 246 g/mol. The lowest BCUT2D eigenvalue weighted by molar-refractivity contribution is -0.0185. The van der Waals surface area contributed by atoms with E-state index in [1.165, 1.54) is 24.0 Å². The van der Waals surface area contributed by atoms with Crippen molar-refractivity contribution in [2.24, 2.45) is 5.41 Å². The molecule has 100 valence electrons. The van der Waals surface area contributed by atoms with E-state index in [0.29, 0.717) is 6.10 Å². The van der Waals surface area contributed by atoms with Gasteiger partial charge in [0.25, 0.3) is 0 Å². The van der Waals surface area contributed by atoms with E-state index >= 15 is 0 Å². The van der Waals surface area contributed by atoms with Crippen molar-refractivity contribution < 1.29 is 4.74 Å². The summed E-state index contributed by atoms with van der Waals surface area (Å²) in [6.45, 7) is 12.2. The van der Waals surface area contributed by atoms with Crippen LogP contribution in [0, 0.1) is 12.3 Å². The fourth-order valence-corrected chi connectivity index (χ4v) is 3.39. The number of benzene rings is 1. The zero-order chi connectivity index (χ0) is 13.4. The normalized spacial score (nSPS) is 30.6. The Labute approximate surface area is 112 Å². The molecule has 1 saturated carbocycles. The Morgan fingerprint density at radius 2 is 1.78 bits per heavy atom. The highest BCUT2D eigenvalue weighted by molar-refractivity contribution is 5.32. The van der Waals surface area contributed by atoms with E-state index in [9.17, 15) is 0 Å². The van der Waals surface area contributed by atoms with E-state index in [1.807, 2.05) is 0 Å². The molecule has 0 aromatic heterocycles. The molecule has 1 aliphatic carbocycles. The molecule has 1 nitrogen and oxygen atoms in total. The summed E-state index contributed by atoms with van der Waals surface area (Å²) in [7, 11) is 0. The van der Waals surface area contributed by atoms with Crippen LogP contribution >= 0.6 is 0 Å². The number of hydrogen-bond donors (Lipinski definition) is 0. The van der Waals surface area contributed by atoms with Crippen LogP contribution in [0.4, 0.5) is 0 Å². The second-order valence-corrected chi connectivity index (χ2v) is 6.40. The van der Waals surface area contributed by atoms with Crippen LogP contribution in [0.25, 0.3) is 0 Å². The maximum absolute atomic E-state index is 5.96. The molecular formula is C17H26O. The second-order valence-electron chi connectivity index (χ2n) is 6.40. The van der Waals surface area contributed by atoms with Gasteiger partial charge in [0.1, 0.15) is 0 Å². The molecule has 1 aliphatic rings. The van der Waals surface area contributed by atoms with E-state index in [0.717, 1.165) is 6.61 Å². The third-order valence-electron chi connectivity index (χ3n) is 5.19. The average Bonchev–Trinajstić information content (AvgIpc) is 2.55. The van der Waals surface area contributed by atoms with Crippen molar-refractivity contribution in [2.75, 3.05) is 6.61 Å². The summed E-state index contributed by atoms with van der Waals surface area (Å²) in [5, 5.41) is 0. The van der Waals surface area contributed by atoms with Gasteiger partial charge in [0, 0.05) is 17.4 Å². The third kappa shape index (κ3) is 1.99. The van der Waals surface area contributed by atoms with Gasteiger partial charge >= 0.3 is 0 Å². The minimum Gasteiger partial charge on any atom is -0.378 e. The van der Waals surface area contributed by atoms with Crippen LogP contribution in [-0.4, -0.2) is 12.7 Å². The molecular weight excluding hydrogens is 220 g/mol. The molecule has 0 unspecified atom stereocenters. The van der Waals surface area contributed by atoms with Crippen molar-refractivity contribution in [3.63, 3.8) is 0 Å². The number of aryl methyl sites for hydroxylation is 1. The van der Waals surface area contributed by atoms with E-state index in [4.69, 9.17) is 4.74 Å². The van der Waals surface area contributed by atoms with Gasteiger partial charge in [-0.15, -0.1) is 0 Å². The molecule has 0 N–H and O–H groups in total. The van der Waals surface area contributed by atoms with Gasteiger partial charge in [-0.05, 0) is 32.3 Å². The molecule has 0 aliphatic heterocycles. The predicted molar refractivity (Wildman–Crippen MR) is 77.0 cm³/mol. The molecule has 2 atom stereocenters. The summed E-state index contributed by atoms with van der Waals surface area (Å²) in [6, 6.07) is 9.05. The lowest BCUT2D eigenvalue weighted by Gasteiger charge is -2.42. The van der Waals surface area contributed by atoms with Gasteiger partial charge in [-0.3, -0.25) is 0 Å². The molecule has 0 heterocycles. The van der Waals surface area contributed by atoms with Gasteiger partial charge in [0.2, 0.25) is 0 Å². The zero-order valence-corrected chi connectivity index (χ0v) is 12.4. The lowest BCUT2D eigenvalue weighted by Crippen LogP contribution is -2.41. The lowest BCUT2D eigenvalue weighted by atomic mass is 9.64. The van der Waals surface area contributed by atoms with Crippen molar-refractivity contribution in [2.45, 2.75) is 59.0 Å². The Bertz CT molecular complexity index is 404. The maximum Gasteiger partial charge on any atom is 0.0634 e. The molecule has 0 spiro atoms. The maximum atomic E-state index is 5.96. The summed E-state index contributed by atoms with van der Waals surface area (Å²) in [6.07, 6.45) is 2.77. The molecule has 1 aromatic carbocycles. The molecule has 1 fully saturated rings. The monoisotopic (exact) mass is 246 g/mol. The first-order valence-corrected chi connectivity index (χ1v) is 7.10. The quantitative estimate of drug-likeness (QED) is 0.764. The number of ether oxygens (including phenoxy) is 1. The van der Waals surface area contributed by atoms with Crippen LogP contribution in [0.5, 0.6) is 0 Å². The summed E-state index contributed by atoms with van der Waals surface area (Å²) in [5.74, 6) is 0. The minimum absolute atomic E-state index is 0.193. The highest BCUT2D eigenvalue weighted by Gasteiger charge is 2.52. The van der Waals surface area contributed by atoms with E-state index in [1.54, 1.807) is 0 Å². The fraction of sp³-hybridized carbons (Fsp3) is 0.647. The van der Waals surface area contributed by atoms with Crippen molar-refractivity contribution in [3.05, 3.63) is 35.4 Å². The van der Waals surface area contributed by atoms with Gasteiger partial charge in [0.05, 0.1) is 6.10 Å². The fourth-order valence-electron chi connectivity index (χ4n) is 3.39. The first kappa shape index (κ1) is 13.6. The van der Waals surface area contributed by atoms with Gasteiger partial charge in [-0.25, -0.2) is 0 Å². The van der Waals surface area contributed by atoms with Crippen LogP contribution in [0.15, 0.2) is 24.3 Å². The van der Waals surface area contributed by atoms with E-state index in [-0.39, 0.29) is 10.8 Å². The Morgan fingerprint density at radius 3 is 2.33 bits per heavy atom. The van der Waals surface area contributed by atoms with Crippen LogP contribution < -0.4 is 0 Å². The van der Waals surface area contributed by atoms with Crippen molar-refractivity contribution in [3.8, 4) is 0 Å². The standard InChI is InChI=1S/C17H26O/c1-6-18-15-11-12-17(5,16(15,3)4)14-9-7-13(2)8-10-14/h7-10,15H,6,11-12H2,1-5H3/t15-,17-/m0/s1. The minimum atomic E-state index is 0.193. The molecule has 0 bridgehead atoms. The highest BCUT2D eigenvalue weighted by atomic mass is 16.5. The summed E-state index contributed by atoms with van der Waals surface area (Å²) >= 11 is 0. The Morgan fingerprint density at radius 1 is 1.17 bits per heavy atom. The predicted octanol–water partition coefficient (Wildman–Crippen LogP) is 4.48. The molecule has 1 heteroatoms. The molecule has 1 aromatic rings. The van der Waals surface area contributed by atoms with Crippen molar-refractivity contribution in [1.29, 1.82) is 0 Å². The Kier molecular flexibility index (Phi) is 3.55. The van der Waals surface area contributed by atoms with Gasteiger partial charge in [-0.2, -0.15) is 0 Å². The highest BCUT2D eigenvalue weighted by Crippen LogP contribution is 2.54. The summed E-state index contributed by atoms with van der Waals surface area (Å²) in [5.41, 5.74) is 3.21. The van der Waals surface area contributed by atoms with Crippen LogP contribution in [0.1, 0.15) is 51.7 Å². The van der Waals surface area contributed by atoms with Crippen LogP contribution in [0.2, 0.25) is 0 Å². The van der Waals surface area contributed by atoms with Gasteiger partial charge in [0.15, 0.2) is 0 Å². The van der Waals surface area contributed by atoms with Gasteiger partial charge in [-0.1, -0.05) is 50.6 Å². The summed E-state index contributed by atoms with van der Waals surface area (Å²) in [4.78, 5) is 0. The van der Waals surface area contributed by atoms with E-state index in [2.05, 4.69) is 58.9 Å². The van der Waals surface area contributed by atoms with Crippen LogP contribution in [-0.2, 0) is 10.2 Å². The zero-order valence-electron chi connectivity index (χ0n) is 12.4. The Hall–Kier alpha value is -0.820. The first-order chi connectivity index (χ1) is 8.41. The van der Waals surface area contributed by atoms with Crippen molar-refractivity contribution in [1.82, 2.24) is 0 Å². The Balaban J connectivity index is 2.34. The largest absolute Gasteiger partial charge is 0.378 e. The molecule has 2 rings (SSSR count). The van der Waals surface area contributed by atoms with Gasteiger partial charge < -0.3 is 4.74 Å². The second kappa shape index (κ2) is 4.70. The first-order valence-electron chi connectivity index (χ1n) is 7.10. The molecule has 18 heavy (non-hydrogen) atoms. The smallest absolute Gasteiger partial charge is 0.0634 e. The van der Waals surface area contributed by atoms with Crippen LogP contribution in [0.3, 0.4) is 0 Å². The molecule has 0 radical (unpaired) electrons. The third-order valence-corrected chi connectivity index (χ3v) is 5.19. The number of rotatable bonds is 3. The van der Waals surface area contributed by atoms with Crippen molar-refractivity contribution >= 4 is 0 Å². The number of hydrogen-bond acceptors (Lipinski definition) is 1. The molecule has 0 amide bonds. The van der Waals surface area contributed by atoms with E-state index < -0.39 is 0 Å². The summed E-state index contributed by atoms with van der Waals surface area (Å²) < 4.78 is 5.96.